The normalized spacial score (nSPS) is 16.9. The monoisotopic (exact) mass is 393 g/mol. The molecule has 1 aliphatic rings. The van der Waals surface area contributed by atoms with Crippen molar-refractivity contribution in [1.82, 2.24) is 20.3 Å². The number of piperazine rings is 1. The van der Waals surface area contributed by atoms with Crippen LogP contribution < -0.4 is 15.8 Å². The van der Waals surface area contributed by atoms with Gasteiger partial charge in [-0.1, -0.05) is 6.92 Å². The second-order valence-corrected chi connectivity index (χ2v) is 7.21. The molecule has 8 nitrogen and oxygen atoms in total. The molecule has 0 amide bonds. The molecular formula is C21H23N5O3. The Morgan fingerprint density at radius 1 is 1.31 bits per heavy atom. The lowest BCUT2D eigenvalue weighted by atomic mass is 10.0. The lowest BCUT2D eigenvalue weighted by Crippen LogP contribution is -2.52. The van der Waals surface area contributed by atoms with Crippen LogP contribution in [0.15, 0.2) is 41.5 Å². The number of aromatic amines is 1. The fraction of sp³-hybridized carbons (Fsp3) is 0.333. The van der Waals surface area contributed by atoms with Crippen molar-refractivity contribution in [1.29, 1.82) is 0 Å². The topological polar surface area (TPSA) is 111 Å². The van der Waals surface area contributed by atoms with E-state index < -0.39 is 5.97 Å². The standard InChI is InChI=1S/C21H23N5O3/c1-2-14-9-17-18(25-20(14)27)8-13(11-24-17)7-16-12-22-5-6-26(16)15-3-4-23-19(10-15)21(28)29/h3-4,8-11,16,22H,2,5-7,12H2,1H3,(H,25,27)(H,28,29). The second-order valence-electron chi connectivity index (χ2n) is 7.21. The average molecular weight is 393 g/mol. The Labute approximate surface area is 167 Å². The number of pyridine rings is 3. The van der Waals surface area contributed by atoms with Gasteiger partial charge in [0.2, 0.25) is 0 Å². The van der Waals surface area contributed by atoms with Crippen LogP contribution in [0.3, 0.4) is 0 Å². The van der Waals surface area contributed by atoms with Crippen LogP contribution in [0.1, 0.15) is 28.5 Å². The average Bonchev–Trinajstić information content (AvgIpc) is 2.73. The summed E-state index contributed by atoms with van der Waals surface area (Å²) in [7, 11) is 0. The van der Waals surface area contributed by atoms with Crippen LogP contribution in [-0.2, 0) is 12.8 Å². The Morgan fingerprint density at radius 3 is 2.97 bits per heavy atom. The summed E-state index contributed by atoms with van der Waals surface area (Å²) in [5, 5.41) is 12.6. The van der Waals surface area contributed by atoms with E-state index in [0.717, 1.165) is 53.9 Å². The van der Waals surface area contributed by atoms with Crippen molar-refractivity contribution in [2.75, 3.05) is 24.5 Å². The van der Waals surface area contributed by atoms with Gasteiger partial charge in [-0.15, -0.1) is 0 Å². The smallest absolute Gasteiger partial charge is 0.354 e. The number of aromatic nitrogens is 3. The Balaban J connectivity index is 1.62. The summed E-state index contributed by atoms with van der Waals surface area (Å²) in [5.41, 5.74) is 4.07. The van der Waals surface area contributed by atoms with Crippen molar-refractivity contribution < 1.29 is 9.90 Å². The molecule has 0 aliphatic carbocycles. The third kappa shape index (κ3) is 3.97. The number of hydrogen-bond donors (Lipinski definition) is 3. The first kappa shape index (κ1) is 19.1. The first-order valence-corrected chi connectivity index (χ1v) is 9.72. The lowest BCUT2D eigenvalue weighted by Gasteiger charge is -2.38. The molecule has 8 heteroatoms. The molecule has 4 rings (SSSR count). The number of H-pyrrole nitrogens is 1. The Kier molecular flexibility index (Phi) is 5.26. The number of aromatic carboxylic acids is 1. The molecule has 1 atom stereocenters. The number of carboxylic acid groups (broad SMARTS) is 1. The van der Waals surface area contributed by atoms with Crippen LogP contribution in [0.25, 0.3) is 11.0 Å². The molecule has 150 valence electrons. The van der Waals surface area contributed by atoms with Crippen molar-refractivity contribution >= 4 is 22.7 Å². The zero-order valence-corrected chi connectivity index (χ0v) is 16.2. The van der Waals surface area contributed by atoms with Gasteiger partial charge < -0.3 is 20.3 Å². The van der Waals surface area contributed by atoms with Gasteiger partial charge in [-0.2, -0.15) is 0 Å². The number of hydrogen-bond acceptors (Lipinski definition) is 6. The van der Waals surface area contributed by atoms with Gasteiger partial charge in [0.15, 0.2) is 0 Å². The summed E-state index contributed by atoms with van der Waals surface area (Å²) in [6.45, 7) is 4.31. The van der Waals surface area contributed by atoms with Gasteiger partial charge in [0.05, 0.1) is 11.0 Å². The number of nitrogens with one attached hydrogen (secondary N) is 2. The zero-order chi connectivity index (χ0) is 20.4. The second kappa shape index (κ2) is 8.00. The van der Waals surface area contributed by atoms with E-state index in [1.165, 1.54) is 6.20 Å². The number of rotatable bonds is 5. The van der Waals surface area contributed by atoms with Gasteiger partial charge in [0.25, 0.3) is 5.56 Å². The number of carboxylic acids is 1. The molecule has 29 heavy (non-hydrogen) atoms. The van der Waals surface area contributed by atoms with Crippen LogP contribution in [0.5, 0.6) is 0 Å². The van der Waals surface area contributed by atoms with Gasteiger partial charge in [0, 0.05) is 49.3 Å². The third-order valence-electron chi connectivity index (χ3n) is 5.32. The van der Waals surface area contributed by atoms with Crippen molar-refractivity contribution in [3.63, 3.8) is 0 Å². The predicted octanol–water partition coefficient (Wildman–Crippen LogP) is 1.60. The minimum absolute atomic E-state index is 0.0384. The molecule has 4 heterocycles. The summed E-state index contributed by atoms with van der Waals surface area (Å²) in [6.07, 6.45) is 4.77. The summed E-state index contributed by atoms with van der Waals surface area (Å²) in [4.78, 5) is 37.0. The molecule has 1 fully saturated rings. The maximum atomic E-state index is 12.1. The summed E-state index contributed by atoms with van der Waals surface area (Å²) in [5.74, 6) is -1.03. The highest BCUT2D eigenvalue weighted by molar-refractivity contribution is 5.86. The van der Waals surface area contributed by atoms with Crippen LogP contribution in [0.4, 0.5) is 5.69 Å². The first-order valence-electron chi connectivity index (χ1n) is 9.72. The molecule has 0 bridgehead atoms. The van der Waals surface area contributed by atoms with E-state index >= 15 is 0 Å². The quantitative estimate of drug-likeness (QED) is 0.604. The van der Waals surface area contributed by atoms with E-state index in [4.69, 9.17) is 0 Å². The largest absolute Gasteiger partial charge is 0.477 e. The number of nitrogens with zero attached hydrogens (tertiary/aromatic N) is 3. The fourth-order valence-corrected chi connectivity index (χ4v) is 3.81. The van der Waals surface area contributed by atoms with Crippen molar-refractivity contribution in [3.8, 4) is 0 Å². The van der Waals surface area contributed by atoms with Crippen LogP contribution in [0, 0.1) is 0 Å². The maximum absolute atomic E-state index is 12.1. The summed E-state index contributed by atoms with van der Waals surface area (Å²) < 4.78 is 0. The highest BCUT2D eigenvalue weighted by Gasteiger charge is 2.24. The molecule has 3 aromatic heterocycles. The van der Waals surface area contributed by atoms with Gasteiger partial charge in [-0.05, 0) is 42.7 Å². The van der Waals surface area contributed by atoms with Crippen LogP contribution >= 0.6 is 0 Å². The maximum Gasteiger partial charge on any atom is 0.354 e. The van der Waals surface area contributed by atoms with Crippen LogP contribution in [0.2, 0.25) is 0 Å². The highest BCUT2D eigenvalue weighted by Crippen LogP contribution is 2.22. The van der Waals surface area contributed by atoms with Crippen molar-refractivity contribution in [2.24, 2.45) is 0 Å². The molecule has 0 saturated carbocycles. The number of carbonyl (C=O) groups is 1. The molecule has 1 unspecified atom stereocenters. The third-order valence-corrected chi connectivity index (χ3v) is 5.32. The van der Waals surface area contributed by atoms with E-state index in [-0.39, 0.29) is 17.3 Å². The van der Waals surface area contributed by atoms with Crippen LogP contribution in [-0.4, -0.2) is 51.7 Å². The fourth-order valence-electron chi connectivity index (χ4n) is 3.81. The van der Waals surface area contributed by atoms with E-state index in [2.05, 4.69) is 25.2 Å². The number of aryl methyl sites for hydroxylation is 1. The van der Waals surface area contributed by atoms with E-state index in [0.29, 0.717) is 6.42 Å². The van der Waals surface area contributed by atoms with Gasteiger partial charge in [0.1, 0.15) is 5.69 Å². The molecule has 1 saturated heterocycles. The van der Waals surface area contributed by atoms with Crippen molar-refractivity contribution in [3.05, 3.63) is 63.8 Å². The molecule has 0 aromatic carbocycles. The molecule has 0 spiro atoms. The Hall–Kier alpha value is -3.26. The molecule has 0 radical (unpaired) electrons. The minimum Gasteiger partial charge on any atom is -0.477 e. The van der Waals surface area contributed by atoms with E-state index in [1.54, 1.807) is 6.07 Å². The first-order chi connectivity index (χ1) is 14.0. The molecule has 3 N–H and O–H groups in total. The Morgan fingerprint density at radius 2 is 2.17 bits per heavy atom. The molecule has 1 aliphatic heterocycles. The van der Waals surface area contributed by atoms with E-state index in [9.17, 15) is 14.7 Å². The molecule has 3 aromatic rings. The molecular weight excluding hydrogens is 370 g/mol. The summed E-state index contributed by atoms with van der Waals surface area (Å²) in [6, 6.07) is 7.41. The number of fused-ring (bicyclic) bond motifs is 1. The van der Waals surface area contributed by atoms with E-state index in [1.807, 2.05) is 31.3 Å². The zero-order valence-electron chi connectivity index (χ0n) is 16.2. The SMILES string of the molecule is CCc1cc2ncc(CC3CNCCN3c3ccnc(C(=O)O)c3)cc2[nH]c1=O. The van der Waals surface area contributed by atoms with Gasteiger partial charge in [-0.25, -0.2) is 9.78 Å². The van der Waals surface area contributed by atoms with Crippen molar-refractivity contribution in [2.45, 2.75) is 25.8 Å². The van der Waals surface area contributed by atoms with Gasteiger partial charge >= 0.3 is 5.97 Å². The summed E-state index contributed by atoms with van der Waals surface area (Å²) >= 11 is 0. The number of anilines is 1. The Bertz CT molecular complexity index is 1110. The van der Waals surface area contributed by atoms with Gasteiger partial charge in [-0.3, -0.25) is 9.78 Å². The highest BCUT2D eigenvalue weighted by atomic mass is 16.4. The minimum atomic E-state index is -1.03. The predicted molar refractivity (Wildman–Crippen MR) is 111 cm³/mol. The lowest BCUT2D eigenvalue weighted by molar-refractivity contribution is 0.0690.